The van der Waals surface area contributed by atoms with Crippen LogP contribution in [-0.2, 0) is 13.0 Å². The summed E-state index contributed by atoms with van der Waals surface area (Å²) >= 11 is 0. The van der Waals surface area contributed by atoms with Gasteiger partial charge >= 0.3 is 0 Å². The second-order valence-electron chi connectivity index (χ2n) is 12.3. The fourth-order valence-corrected chi connectivity index (χ4v) is 5.36. The van der Waals surface area contributed by atoms with Crippen LogP contribution in [-0.4, -0.2) is 15.0 Å². The van der Waals surface area contributed by atoms with Gasteiger partial charge in [0, 0.05) is 12.7 Å². The van der Waals surface area contributed by atoms with Gasteiger partial charge < -0.3 is 0 Å². The van der Waals surface area contributed by atoms with Crippen molar-refractivity contribution in [3.63, 3.8) is 0 Å². The summed E-state index contributed by atoms with van der Waals surface area (Å²) in [6, 6.07) is 0. The summed E-state index contributed by atoms with van der Waals surface area (Å²) in [5.41, 5.74) is 2.15. The van der Waals surface area contributed by atoms with Crippen LogP contribution in [0.2, 0.25) is 0 Å². The minimum absolute atomic E-state index is 0.466. The third-order valence-corrected chi connectivity index (χ3v) is 8.04. The molecule has 0 N–H and O–H groups in total. The average Bonchev–Trinajstić information content (AvgIpc) is 3.27. The molecule has 1 aromatic rings. The quantitative estimate of drug-likeness (QED) is 0.147. The van der Waals surface area contributed by atoms with Gasteiger partial charge in [0.25, 0.3) is 0 Å². The van der Waals surface area contributed by atoms with Crippen molar-refractivity contribution in [3.05, 3.63) is 11.9 Å². The summed E-state index contributed by atoms with van der Waals surface area (Å²) < 4.78 is 2.10. The zero-order valence-electron chi connectivity index (χ0n) is 24.3. The van der Waals surface area contributed by atoms with E-state index in [0.29, 0.717) is 10.8 Å². The molecule has 200 valence electrons. The Bertz CT molecular complexity index is 577. The Morgan fingerprint density at radius 3 is 1.65 bits per heavy atom. The Labute approximate surface area is 214 Å². The molecule has 34 heavy (non-hydrogen) atoms. The first-order valence-corrected chi connectivity index (χ1v) is 15.2. The smallest absolute Gasteiger partial charge is 0.0827 e. The molecule has 0 radical (unpaired) electrons. The summed E-state index contributed by atoms with van der Waals surface area (Å²) in [5, 5.41) is 9.00. The third kappa shape index (κ3) is 15.2. The SMILES string of the molecule is CCCCCCC(C)(C)CCCCn1cc(CCC(C)(CCCCCC)CCCCCC)nn1. The minimum atomic E-state index is 0.466. The predicted octanol–water partition coefficient (Wildman–Crippen LogP) is 10.3. The number of unbranched alkanes of at least 4 members (excludes halogenated alkanes) is 10. The molecule has 1 heterocycles. The lowest BCUT2D eigenvalue weighted by Gasteiger charge is -2.30. The second kappa shape index (κ2) is 18.4. The zero-order chi connectivity index (χ0) is 25.1. The van der Waals surface area contributed by atoms with E-state index in [1.54, 1.807) is 0 Å². The van der Waals surface area contributed by atoms with Crippen LogP contribution in [0.1, 0.15) is 169 Å². The van der Waals surface area contributed by atoms with Crippen LogP contribution in [0.3, 0.4) is 0 Å². The molecule has 0 aliphatic heterocycles. The average molecular weight is 476 g/mol. The van der Waals surface area contributed by atoms with Crippen LogP contribution in [0.4, 0.5) is 0 Å². The van der Waals surface area contributed by atoms with E-state index >= 15 is 0 Å². The first kappa shape index (κ1) is 31.2. The Hall–Kier alpha value is -0.860. The number of hydrogen-bond donors (Lipinski definition) is 0. The molecule has 3 nitrogen and oxygen atoms in total. The van der Waals surface area contributed by atoms with Crippen LogP contribution in [0.15, 0.2) is 6.20 Å². The summed E-state index contributed by atoms with van der Waals surface area (Å²) in [6.07, 6.45) is 29.0. The highest BCUT2D eigenvalue weighted by molar-refractivity contribution is 4.94. The molecule has 0 unspecified atom stereocenters. The maximum atomic E-state index is 4.54. The van der Waals surface area contributed by atoms with Crippen molar-refractivity contribution in [3.8, 4) is 0 Å². The largest absolute Gasteiger partial charge is 0.252 e. The molecule has 0 atom stereocenters. The Balaban J connectivity index is 2.39. The number of aromatic nitrogens is 3. The lowest BCUT2D eigenvalue weighted by Crippen LogP contribution is -2.18. The third-order valence-electron chi connectivity index (χ3n) is 8.04. The first-order valence-electron chi connectivity index (χ1n) is 15.2. The van der Waals surface area contributed by atoms with E-state index in [1.165, 1.54) is 128 Å². The van der Waals surface area contributed by atoms with Gasteiger partial charge in [0.05, 0.1) is 5.69 Å². The highest BCUT2D eigenvalue weighted by Crippen LogP contribution is 2.36. The van der Waals surface area contributed by atoms with Gasteiger partial charge in [-0.3, -0.25) is 4.68 Å². The molecular formula is C31H61N3. The molecule has 1 rings (SSSR count). The molecule has 0 aromatic carbocycles. The van der Waals surface area contributed by atoms with Crippen LogP contribution in [0.25, 0.3) is 0 Å². The molecule has 0 spiro atoms. The van der Waals surface area contributed by atoms with E-state index in [2.05, 4.69) is 62.7 Å². The van der Waals surface area contributed by atoms with E-state index in [4.69, 9.17) is 0 Å². The molecule has 0 saturated carbocycles. The van der Waals surface area contributed by atoms with Gasteiger partial charge in [0.15, 0.2) is 0 Å². The molecule has 0 fully saturated rings. The van der Waals surface area contributed by atoms with E-state index in [0.717, 1.165) is 13.0 Å². The van der Waals surface area contributed by atoms with Crippen molar-refractivity contribution in [1.82, 2.24) is 15.0 Å². The maximum Gasteiger partial charge on any atom is 0.0827 e. The topological polar surface area (TPSA) is 30.7 Å². The van der Waals surface area contributed by atoms with Crippen molar-refractivity contribution in [2.24, 2.45) is 10.8 Å². The maximum absolute atomic E-state index is 4.54. The highest BCUT2D eigenvalue weighted by atomic mass is 15.4. The molecule has 0 bridgehead atoms. The fourth-order valence-electron chi connectivity index (χ4n) is 5.36. The lowest BCUT2D eigenvalue weighted by molar-refractivity contribution is 0.230. The molecule has 0 saturated heterocycles. The zero-order valence-corrected chi connectivity index (χ0v) is 24.3. The van der Waals surface area contributed by atoms with Crippen LogP contribution < -0.4 is 0 Å². The highest BCUT2D eigenvalue weighted by Gasteiger charge is 2.24. The van der Waals surface area contributed by atoms with Gasteiger partial charge in [0.1, 0.15) is 0 Å². The lowest BCUT2D eigenvalue weighted by atomic mass is 9.76. The summed E-state index contributed by atoms with van der Waals surface area (Å²) in [7, 11) is 0. The molecule has 0 aliphatic carbocycles. The number of aryl methyl sites for hydroxylation is 2. The normalized spacial score (nSPS) is 12.5. The van der Waals surface area contributed by atoms with Crippen molar-refractivity contribution in [2.45, 2.75) is 177 Å². The van der Waals surface area contributed by atoms with E-state index in [1.807, 2.05) is 0 Å². The second-order valence-corrected chi connectivity index (χ2v) is 12.3. The van der Waals surface area contributed by atoms with Gasteiger partial charge in [0.2, 0.25) is 0 Å². The minimum Gasteiger partial charge on any atom is -0.252 e. The van der Waals surface area contributed by atoms with E-state index in [-0.39, 0.29) is 0 Å². The van der Waals surface area contributed by atoms with Crippen molar-refractivity contribution >= 4 is 0 Å². The monoisotopic (exact) mass is 475 g/mol. The Morgan fingerprint density at radius 1 is 0.618 bits per heavy atom. The van der Waals surface area contributed by atoms with Crippen LogP contribution in [0.5, 0.6) is 0 Å². The molecule has 0 aliphatic rings. The number of nitrogens with zero attached hydrogens (tertiary/aromatic N) is 3. The van der Waals surface area contributed by atoms with E-state index < -0.39 is 0 Å². The fraction of sp³-hybridized carbons (Fsp3) is 0.935. The first-order chi connectivity index (χ1) is 16.3. The van der Waals surface area contributed by atoms with Gasteiger partial charge in [-0.2, -0.15) is 0 Å². The molecule has 0 amide bonds. The van der Waals surface area contributed by atoms with Gasteiger partial charge in [-0.25, -0.2) is 0 Å². The van der Waals surface area contributed by atoms with Gasteiger partial charge in [-0.15, -0.1) is 5.10 Å². The number of rotatable bonds is 23. The van der Waals surface area contributed by atoms with Crippen LogP contribution in [0, 0.1) is 10.8 Å². The predicted molar refractivity (Wildman–Crippen MR) is 150 cm³/mol. The van der Waals surface area contributed by atoms with Crippen molar-refractivity contribution in [1.29, 1.82) is 0 Å². The Morgan fingerprint density at radius 2 is 1.12 bits per heavy atom. The molecular weight excluding hydrogens is 414 g/mol. The van der Waals surface area contributed by atoms with E-state index in [9.17, 15) is 0 Å². The molecule has 3 heteroatoms. The summed E-state index contributed by atoms with van der Waals surface area (Å²) in [6.45, 7) is 15.4. The molecule has 1 aromatic heterocycles. The summed E-state index contributed by atoms with van der Waals surface area (Å²) in [4.78, 5) is 0. The van der Waals surface area contributed by atoms with Gasteiger partial charge in [-0.1, -0.05) is 130 Å². The number of hydrogen-bond acceptors (Lipinski definition) is 2. The van der Waals surface area contributed by atoms with Crippen molar-refractivity contribution < 1.29 is 0 Å². The Kier molecular flexibility index (Phi) is 16.9. The van der Waals surface area contributed by atoms with Crippen LogP contribution >= 0.6 is 0 Å². The van der Waals surface area contributed by atoms with Crippen molar-refractivity contribution in [2.75, 3.05) is 0 Å². The summed E-state index contributed by atoms with van der Waals surface area (Å²) in [5.74, 6) is 0. The van der Waals surface area contributed by atoms with Gasteiger partial charge in [-0.05, 0) is 55.8 Å². The standard InChI is InChI=1S/C31H61N3/c1-7-10-13-16-22-30(4,5)23-19-20-27-34-28-29(32-33-34)21-26-31(6,24-17-14-11-8-2)25-18-15-12-9-3/h28H,7-27H2,1-6H3.